The van der Waals surface area contributed by atoms with Crippen molar-refractivity contribution in [2.75, 3.05) is 6.61 Å². The third kappa shape index (κ3) is 3.20. The molecule has 0 bridgehead atoms. The summed E-state index contributed by atoms with van der Waals surface area (Å²) in [4.78, 5) is 0. The van der Waals surface area contributed by atoms with Crippen LogP contribution >= 0.6 is 0 Å². The van der Waals surface area contributed by atoms with E-state index in [9.17, 15) is 22.0 Å². The lowest BCUT2D eigenvalue weighted by molar-refractivity contribution is -0.149. The van der Waals surface area contributed by atoms with Crippen LogP contribution in [0.1, 0.15) is 41.5 Å². The molecule has 0 rings (SSSR count). The van der Waals surface area contributed by atoms with E-state index in [1.165, 1.54) is 0 Å². The van der Waals surface area contributed by atoms with Crippen LogP contribution in [0, 0.1) is 5.41 Å². The van der Waals surface area contributed by atoms with E-state index in [2.05, 4.69) is 0 Å². The second-order valence-corrected chi connectivity index (χ2v) is 6.41. The molecule has 0 saturated heterocycles. The molecule has 4 unspecified atom stereocenters. The van der Waals surface area contributed by atoms with Crippen molar-refractivity contribution in [3.8, 4) is 0 Å². The summed E-state index contributed by atoms with van der Waals surface area (Å²) in [6.07, 6.45) is -5.80. The summed E-state index contributed by atoms with van der Waals surface area (Å²) in [7, 11) is 0. The Morgan fingerprint density at radius 2 is 1.21 bits per heavy atom. The Morgan fingerprint density at radius 1 is 0.842 bits per heavy atom. The first kappa shape index (κ1) is 18.6. The van der Waals surface area contributed by atoms with Gasteiger partial charge in [-0.2, -0.15) is 0 Å². The lowest BCUT2D eigenvalue weighted by Crippen LogP contribution is -2.60. The van der Waals surface area contributed by atoms with Gasteiger partial charge < -0.3 is 5.11 Å². The number of hydrogen-bond donors (Lipinski definition) is 1. The maximum atomic E-state index is 14.6. The minimum Gasteiger partial charge on any atom is -0.393 e. The van der Waals surface area contributed by atoms with Gasteiger partial charge in [-0.25, -0.2) is 22.0 Å². The molecule has 1 nitrogen and oxygen atoms in total. The van der Waals surface area contributed by atoms with Gasteiger partial charge in [0.05, 0.1) is 6.61 Å². The van der Waals surface area contributed by atoms with Crippen LogP contribution in [0.25, 0.3) is 0 Å². The lowest BCUT2D eigenvalue weighted by atomic mass is 9.64. The zero-order valence-electron chi connectivity index (χ0n) is 12.2. The van der Waals surface area contributed by atoms with Crippen LogP contribution in [0.15, 0.2) is 0 Å². The maximum absolute atomic E-state index is 14.6. The van der Waals surface area contributed by atoms with E-state index in [4.69, 9.17) is 5.11 Å². The van der Waals surface area contributed by atoms with E-state index in [0.717, 1.165) is 27.7 Å². The Bertz CT molecular complexity index is 307. The number of alkyl halides is 5. The summed E-state index contributed by atoms with van der Waals surface area (Å²) in [5.41, 5.74) is -9.92. The Hall–Kier alpha value is -0.390. The van der Waals surface area contributed by atoms with Gasteiger partial charge >= 0.3 is 0 Å². The van der Waals surface area contributed by atoms with Crippen molar-refractivity contribution in [3.05, 3.63) is 0 Å². The van der Waals surface area contributed by atoms with Crippen molar-refractivity contribution >= 4 is 0 Å². The molecule has 0 aromatic heterocycles. The molecule has 0 spiro atoms. The molecule has 1 N–H and O–H groups in total. The summed E-state index contributed by atoms with van der Waals surface area (Å²) >= 11 is 0. The highest BCUT2D eigenvalue weighted by Gasteiger charge is 2.61. The average Bonchev–Trinajstić information content (AvgIpc) is 2.25. The minimum atomic E-state index is -2.95. The van der Waals surface area contributed by atoms with Crippen LogP contribution in [0.4, 0.5) is 22.0 Å². The van der Waals surface area contributed by atoms with Crippen LogP contribution in [-0.2, 0) is 0 Å². The number of hydrogen-bond acceptors (Lipinski definition) is 1. The Labute approximate surface area is 111 Å². The van der Waals surface area contributed by atoms with Crippen LogP contribution in [-0.4, -0.2) is 41.1 Å². The first-order valence-corrected chi connectivity index (χ1v) is 6.08. The third-order valence-electron chi connectivity index (χ3n) is 4.37. The lowest BCUT2D eigenvalue weighted by Gasteiger charge is -2.47. The molecule has 116 valence electrons. The molecule has 0 fully saturated rings. The molecule has 0 saturated carbocycles. The van der Waals surface area contributed by atoms with E-state index in [1.54, 1.807) is 0 Å². The van der Waals surface area contributed by atoms with Gasteiger partial charge in [0.15, 0.2) is 18.0 Å². The highest BCUT2D eigenvalue weighted by atomic mass is 19.2. The number of halogens is 5. The van der Waals surface area contributed by atoms with Crippen molar-refractivity contribution < 1.29 is 27.1 Å². The molecule has 4 atom stereocenters. The van der Waals surface area contributed by atoms with Crippen LogP contribution in [0.5, 0.6) is 0 Å². The van der Waals surface area contributed by atoms with Gasteiger partial charge in [0.25, 0.3) is 0 Å². The molecular formula is C13H23F5O. The molecule has 0 heterocycles. The van der Waals surface area contributed by atoms with E-state index in [-0.39, 0.29) is 0 Å². The smallest absolute Gasteiger partial charge is 0.170 e. The molecule has 6 heteroatoms. The normalized spacial score (nSPS) is 23.4. The second-order valence-electron chi connectivity index (χ2n) is 6.41. The van der Waals surface area contributed by atoms with Crippen molar-refractivity contribution in [3.63, 3.8) is 0 Å². The number of aliphatic hydroxyl groups excluding tert-OH is 1. The van der Waals surface area contributed by atoms with E-state index >= 15 is 0 Å². The van der Waals surface area contributed by atoms with Crippen LogP contribution in [0.2, 0.25) is 0 Å². The first-order valence-electron chi connectivity index (χ1n) is 6.08. The standard InChI is InChI=1S/C13H23F5O/c1-10(2,11(3,4)16)13(6,18)9(15)8(14)12(5,17)7-19/h8-9,19H,7H2,1-6H3. The zero-order chi connectivity index (χ0) is 15.9. The Balaban J connectivity index is 5.44. The summed E-state index contributed by atoms with van der Waals surface area (Å²) in [5, 5.41) is 8.66. The molecule has 0 aliphatic heterocycles. The fourth-order valence-electron chi connectivity index (χ4n) is 1.59. The van der Waals surface area contributed by atoms with Gasteiger partial charge in [-0.05, 0) is 27.7 Å². The molecule has 0 aromatic rings. The molecule has 0 radical (unpaired) electrons. The van der Waals surface area contributed by atoms with Crippen LogP contribution in [0.3, 0.4) is 0 Å². The number of aliphatic hydroxyl groups is 1. The van der Waals surface area contributed by atoms with Gasteiger partial charge in [-0.15, -0.1) is 0 Å². The van der Waals surface area contributed by atoms with Gasteiger partial charge in [0.1, 0.15) is 11.3 Å². The van der Waals surface area contributed by atoms with Crippen LogP contribution < -0.4 is 0 Å². The summed E-state index contributed by atoms with van der Waals surface area (Å²) in [6, 6.07) is 0. The molecule has 19 heavy (non-hydrogen) atoms. The third-order valence-corrected chi connectivity index (χ3v) is 4.37. The Kier molecular flexibility index (Phi) is 5.08. The van der Waals surface area contributed by atoms with Gasteiger partial charge in [-0.1, -0.05) is 13.8 Å². The van der Waals surface area contributed by atoms with Gasteiger partial charge in [0.2, 0.25) is 0 Å². The van der Waals surface area contributed by atoms with Crippen molar-refractivity contribution in [1.82, 2.24) is 0 Å². The minimum absolute atomic E-state index is 0.633. The highest BCUT2D eigenvalue weighted by molar-refractivity contribution is 5.08. The predicted molar refractivity (Wildman–Crippen MR) is 64.9 cm³/mol. The van der Waals surface area contributed by atoms with Crippen molar-refractivity contribution in [1.29, 1.82) is 0 Å². The van der Waals surface area contributed by atoms with Gasteiger partial charge in [-0.3, -0.25) is 0 Å². The van der Waals surface area contributed by atoms with Gasteiger partial charge in [0, 0.05) is 5.41 Å². The fraction of sp³-hybridized carbons (Fsp3) is 1.00. The average molecular weight is 290 g/mol. The van der Waals surface area contributed by atoms with E-state index in [0.29, 0.717) is 13.8 Å². The largest absolute Gasteiger partial charge is 0.393 e. The first-order chi connectivity index (χ1) is 8.13. The Morgan fingerprint density at radius 3 is 1.47 bits per heavy atom. The maximum Gasteiger partial charge on any atom is 0.170 e. The molecule has 0 aromatic carbocycles. The SMILES string of the molecule is CC(F)(CO)C(F)C(F)C(C)(F)C(C)(C)C(C)(C)F. The zero-order valence-corrected chi connectivity index (χ0v) is 12.2. The topological polar surface area (TPSA) is 20.2 Å². The summed E-state index contributed by atoms with van der Waals surface area (Å²) in [6.45, 7) is 4.37. The molecule has 0 aliphatic carbocycles. The summed E-state index contributed by atoms with van der Waals surface area (Å²) < 4.78 is 69.8. The second kappa shape index (κ2) is 5.19. The van der Waals surface area contributed by atoms with Crippen molar-refractivity contribution in [2.45, 2.75) is 70.9 Å². The van der Waals surface area contributed by atoms with E-state index in [1.807, 2.05) is 0 Å². The summed E-state index contributed by atoms with van der Waals surface area (Å²) in [5.74, 6) is 0. The molecule has 0 amide bonds. The predicted octanol–water partition coefficient (Wildman–Crippen LogP) is 3.89. The highest BCUT2D eigenvalue weighted by Crippen LogP contribution is 2.50. The fourth-order valence-corrected chi connectivity index (χ4v) is 1.59. The monoisotopic (exact) mass is 290 g/mol. The van der Waals surface area contributed by atoms with E-state index < -0.39 is 41.4 Å². The quantitative estimate of drug-likeness (QED) is 0.736. The van der Waals surface area contributed by atoms with Crippen molar-refractivity contribution in [2.24, 2.45) is 5.41 Å². The molecule has 0 aliphatic rings. The molecular weight excluding hydrogens is 267 g/mol. The number of rotatable bonds is 6.